The van der Waals surface area contributed by atoms with Crippen LogP contribution in [-0.4, -0.2) is 22.4 Å². The first-order chi connectivity index (χ1) is 10.6. The van der Waals surface area contributed by atoms with Gasteiger partial charge in [-0.05, 0) is 30.2 Å². The number of nitrogens with zero attached hydrogens (tertiary/aromatic N) is 3. The number of halogens is 1. The second-order valence-corrected chi connectivity index (χ2v) is 4.83. The molecule has 0 saturated heterocycles. The standard InChI is InChI=1S/C14H14ClN5O2/c15-11-5-3-10(4-6-11)7-9-18-14(16)19-13-12(20(21)22)2-1-8-17-13/h1-6,8H,7,9H2,(H3,16,17,18,19). The lowest BCUT2D eigenvalue weighted by Gasteiger charge is -2.05. The van der Waals surface area contributed by atoms with Gasteiger partial charge < -0.3 is 11.1 Å². The van der Waals surface area contributed by atoms with Crippen LogP contribution in [0, 0.1) is 10.1 Å². The molecule has 2 aromatic rings. The normalized spacial score (nSPS) is 11.2. The third-order valence-electron chi connectivity index (χ3n) is 2.83. The molecule has 1 aromatic heterocycles. The quantitative estimate of drug-likeness (QED) is 0.381. The number of aromatic nitrogens is 1. The summed E-state index contributed by atoms with van der Waals surface area (Å²) in [5.74, 6) is 0.149. The summed E-state index contributed by atoms with van der Waals surface area (Å²) in [6.45, 7) is 0.446. The van der Waals surface area contributed by atoms with E-state index in [9.17, 15) is 10.1 Å². The summed E-state index contributed by atoms with van der Waals surface area (Å²) >= 11 is 5.81. The summed E-state index contributed by atoms with van der Waals surface area (Å²) in [4.78, 5) is 18.3. The molecule has 7 nitrogen and oxygen atoms in total. The van der Waals surface area contributed by atoms with Crippen molar-refractivity contribution in [3.8, 4) is 0 Å². The van der Waals surface area contributed by atoms with Gasteiger partial charge >= 0.3 is 5.69 Å². The maximum Gasteiger partial charge on any atom is 0.311 e. The number of pyridine rings is 1. The lowest BCUT2D eigenvalue weighted by atomic mass is 10.1. The molecule has 22 heavy (non-hydrogen) atoms. The Balaban J connectivity index is 1.96. The number of guanidine groups is 1. The van der Waals surface area contributed by atoms with Crippen molar-refractivity contribution in [1.29, 1.82) is 0 Å². The van der Waals surface area contributed by atoms with Gasteiger partial charge in [0.2, 0.25) is 5.82 Å². The van der Waals surface area contributed by atoms with Crippen molar-refractivity contribution in [2.75, 3.05) is 11.9 Å². The molecule has 0 aliphatic rings. The van der Waals surface area contributed by atoms with E-state index in [0.717, 1.165) is 5.56 Å². The molecule has 0 aliphatic heterocycles. The van der Waals surface area contributed by atoms with Crippen LogP contribution in [0.15, 0.2) is 47.6 Å². The van der Waals surface area contributed by atoms with E-state index in [1.807, 2.05) is 12.1 Å². The first-order valence-corrected chi connectivity index (χ1v) is 6.85. The molecule has 2 rings (SSSR count). The number of hydrogen-bond acceptors (Lipinski definition) is 4. The Bertz CT molecular complexity index is 688. The highest BCUT2D eigenvalue weighted by Gasteiger charge is 2.14. The van der Waals surface area contributed by atoms with Crippen molar-refractivity contribution in [3.05, 3.63) is 63.3 Å². The Morgan fingerprint density at radius 1 is 1.36 bits per heavy atom. The van der Waals surface area contributed by atoms with Crippen molar-refractivity contribution >= 4 is 29.1 Å². The number of nitrogens with two attached hydrogens (primary N) is 1. The van der Waals surface area contributed by atoms with Gasteiger partial charge in [-0.1, -0.05) is 23.7 Å². The molecule has 1 heterocycles. The highest BCUT2D eigenvalue weighted by atomic mass is 35.5. The van der Waals surface area contributed by atoms with E-state index in [0.29, 0.717) is 18.0 Å². The Morgan fingerprint density at radius 3 is 2.77 bits per heavy atom. The van der Waals surface area contributed by atoms with E-state index in [-0.39, 0.29) is 17.5 Å². The summed E-state index contributed by atoms with van der Waals surface area (Å²) in [6.07, 6.45) is 2.13. The van der Waals surface area contributed by atoms with Gasteiger partial charge in [-0.25, -0.2) is 4.98 Å². The molecular formula is C14H14ClN5O2. The maximum absolute atomic E-state index is 10.9. The largest absolute Gasteiger partial charge is 0.370 e. The first-order valence-electron chi connectivity index (χ1n) is 6.47. The van der Waals surface area contributed by atoms with Crippen LogP contribution < -0.4 is 11.1 Å². The molecule has 8 heteroatoms. The van der Waals surface area contributed by atoms with E-state index in [1.165, 1.54) is 18.3 Å². The molecule has 0 aliphatic carbocycles. The SMILES string of the molecule is NC(=NCCc1ccc(Cl)cc1)Nc1ncccc1[N+](=O)[O-]. The number of nitrogens with one attached hydrogen (secondary N) is 1. The van der Waals surface area contributed by atoms with Gasteiger partial charge in [0, 0.05) is 23.8 Å². The number of anilines is 1. The minimum absolute atomic E-state index is 0.0697. The Morgan fingerprint density at radius 2 is 2.09 bits per heavy atom. The number of aliphatic imine (C=N–C) groups is 1. The molecular weight excluding hydrogens is 306 g/mol. The fourth-order valence-corrected chi connectivity index (χ4v) is 1.88. The van der Waals surface area contributed by atoms with Gasteiger partial charge in [-0.3, -0.25) is 15.1 Å². The zero-order valence-electron chi connectivity index (χ0n) is 11.6. The topological polar surface area (TPSA) is 106 Å². The van der Waals surface area contributed by atoms with Crippen molar-refractivity contribution < 1.29 is 4.92 Å². The van der Waals surface area contributed by atoms with Gasteiger partial charge in [-0.15, -0.1) is 0 Å². The van der Waals surface area contributed by atoms with Crippen LogP contribution in [0.25, 0.3) is 0 Å². The number of benzene rings is 1. The van der Waals surface area contributed by atoms with Crippen LogP contribution in [-0.2, 0) is 6.42 Å². The van der Waals surface area contributed by atoms with Crippen molar-refractivity contribution in [1.82, 2.24) is 4.98 Å². The molecule has 0 bridgehead atoms. The van der Waals surface area contributed by atoms with E-state index < -0.39 is 4.92 Å². The van der Waals surface area contributed by atoms with Crippen molar-refractivity contribution in [2.24, 2.45) is 10.7 Å². The molecule has 0 amide bonds. The predicted molar refractivity (Wildman–Crippen MR) is 86.2 cm³/mol. The van der Waals surface area contributed by atoms with Crippen LogP contribution >= 0.6 is 11.6 Å². The van der Waals surface area contributed by atoms with Crippen LogP contribution in [0.3, 0.4) is 0 Å². The molecule has 114 valence electrons. The molecule has 1 aromatic carbocycles. The van der Waals surface area contributed by atoms with Crippen molar-refractivity contribution in [3.63, 3.8) is 0 Å². The predicted octanol–water partition coefficient (Wildman–Crippen LogP) is 2.61. The third kappa shape index (κ3) is 4.42. The van der Waals surface area contributed by atoms with Gasteiger partial charge in [0.15, 0.2) is 5.96 Å². The fourth-order valence-electron chi connectivity index (χ4n) is 1.76. The second-order valence-electron chi connectivity index (χ2n) is 4.40. The Kier molecular flexibility index (Phi) is 5.26. The highest BCUT2D eigenvalue weighted by Crippen LogP contribution is 2.19. The third-order valence-corrected chi connectivity index (χ3v) is 3.08. The van der Waals surface area contributed by atoms with Crippen LogP contribution in [0.2, 0.25) is 5.02 Å². The maximum atomic E-state index is 10.9. The monoisotopic (exact) mass is 319 g/mol. The molecule has 0 saturated carbocycles. The second kappa shape index (κ2) is 7.37. The molecule has 0 spiro atoms. The summed E-state index contributed by atoms with van der Waals surface area (Å²) in [5, 5.41) is 14.2. The fraction of sp³-hybridized carbons (Fsp3) is 0.143. The molecule has 0 unspecified atom stereocenters. The Labute approximate surface area is 132 Å². The molecule has 0 radical (unpaired) electrons. The van der Waals surface area contributed by atoms with Crippen LogP contribution in [0.4, 0.5) is 11.5 Å². The first kappa shape index (κ1) is 15.7. The molecule has 0 atom stereocenters. The van der Waals surface area contributed by atoms with Gasteiger partial charge in [0.25, 0.3) is 0 Å². The summed E-state index contributed by atoms with van der Waals surface area (Å²) in [7, 11) is 0. The Hall–Kier alpha value is -2.67. The van der Waals surface area contributed by atoms with Gasteiger partial charge in [-0.2, -0.15) is 0 Å². The number of nitro groups is 1. The summed E-state index contributed by atoms with van der Waals surface area (Å²) in [6, 6.07) is 10.3. The summed E-state index contributed by atoms with van der Waals surface area (Å²) < 4.78 is 0. The minimum atomic E-state index is -0.531. The van der Waals surface area contributed by atoms with E-state index in [2.05, 4.69) is 15.3 Å². The average molecular weight is 320 g/mol. The number of rotatable bonds is 5. The zero-order valence-corrected chi connectivity index (χ0v) is 12.3. The van der Waals surface area contributed by atoms with Crippen LogP contribution in [0.5, 0.6) is 0 Å². The smallest absolute Gasteiger partial charge is 0.311 e. The summed E-state index contributed by atoms with van der Waals surface area (Å²) in [5.41, 5.74) is 6.64. The molecule has 0 fully saturated rings. The van der Waals surface area contributed by atoms with E-state index in [4.69, 9.17) is 17.3 Å². The van der Waals surface area contributed by atoms with Gasteiger partial charge in [0.05, 0.1) is 4.92 Å². The van der Waals surface area contributed by atoms with E-state index in [1.54, 1.807) is 12.1 Å². The zero-order chi connectivity index (χ0) is 15.9. The minimum Gasteiger partial charge on any atom is -0.370 e. The van der Waals surface area contributed by atoms with E-state index >= 15 is 0 Å². The lowest BCUT2D eigenvalue weighted by Crippen LogP contribution is -2.24. The van der Waals surface area contributed by atoms with Gasteiger partial charge in [0.1, 0.15) is 0 Å². The average Bonchev–Trinajstić information content (AvgIpc) is 2.49. The number of hydrogen-bond donors (Lipinski definition) is 2. The van der Waals surface area contributed by atoms with Crippen LogP contribution in [0.1, 0.15) is 5.56 Å². The van der Waals surface area contributed by atoms with Crippen molar-refractivity contribution in [2.45, 2.75) is 6.42 Å². The lowest BCUT2D eigenvalue weighted by molar-refractivity contribution is -0.384. The highest BCUT2D eigenvalue weighted by molar-refractivity contribution is 6.30. The molecule has 3 N–H and O–H groups in total.